The standard InChI is InChI=1S/C19H14ClNO3S/c20-19(22)13-12-15-7-2-4-11-18(15)25(23,24)21-17-10-5-8-14-6-1-3-9-16(14)17/h1-13,21H/b13-12+. The smallest absolute Gasteiger partial charge is 0.262 e. The lowest BCUT2D eigenvalue weighted by Gasteiger charge is -2.12. The summed E-state index contributed by atoms with van der Waals surface area (Å²) in [5, 5.41) is 1.07. The van der Waals surface area contributed by atoms with Gasteiger partial charge in [-0.1, -0.05) is 54.6 Å². The predicted octanol–water partition coefficient (Wildman–Crippen LogP) is 4.42. The Morgan fingerprint density at radius 3 is 2.40 bits per heavy atom. The molecule has 0 aliphatic heterocycles. The molecule has 0 saturated carbocycles. The number of halogens is 1. The van der Waals surface area contributed by atoms with Crippen LogP contribution in [0.5, 0.6) is 0 Å². The average Bonchev–Trinajstić information content (AvgIpc) is 2.60. The fraction of sp³-hybridized carbons (Fsp3) is 0. The Bertz CT molecular complexity index is 1070. The molecule has 126 valence electrons. The molecule has 0 spiro atoms. The second kappa shape index (κ2) is 7.09. The van der Waals surface area contributed by atoms with E-state index in [4.69, 9.17) is 11.6 Å². The molecule has 0 aliphatic rings. The monoisotopic (exact) mass is 371 g/mol. The molecule has 6 heteroatoms. The maximum atomic E-state index is 12.8. The maximum Gasteiger partial charge on any atom is 0.262 e. The first kappa shape index (κ1) is 17.2. The lowest BCUT2D eigenvalue weighted by Crippen LogP contribution is -2.14. The third kappa shape index (κ3) is 3.90. The predicted molar refractivity (Wildman–Crippen MR) is 101 cm³/mol. The summed E-state index contributed by atoms with van der Waals surface area (Å²) in [5.41, 5.74) is 0.870. The second-order valence-corrected chi connectivity index (χ2v) is 7.33. The molecule has 1 N–H and O–H groups in total. The third-order valence-corrected chi connectivity index (χ3v) is 5.20. The van der Waals surface area contributed by atoms with Crippen LogP contribution in [0.1, 0.15) is 5.56 Å². The Hall–Kier alpha value is -2.63. The highest BCUT2D eigenvalue weighted by atomic mass is 35.5. The first-order chi connectivity index (χ1) is 12.0. The van der Waals surface area contributed by atoms with Gasteiger partial charge in [-0.25, -0.2) is 8.42 Å². The van der Waals surface area contributed by atoms with Gasteiger partial charge in [0.15, 0.2) is 0 Å². The van der Waals surface area contributed by atoms with Crippen LogP contribution in [0.2, 0.25) is 0 Å². The fourth-order valence-electron chi connectivity index (χ4n) is 2.53. The summed E-state index contributed by atoms with van der Waals surface area (Å²) >= 11 is 5.30. The Morgan fingerprint density at radius 2 is 1.60 bits per heavy atom. The van der Waals surface area contributed by atoms with E-state index in [1.54, 1.807) is 30.3 Å². The molecule has 25 heavy (non-hydrogen) atoms. The van der Waals surface area contributed by atoms with Gasteiger partial charge in [0.25, 0.3) is 10.0 Å². The lowest BCUT2D eigenvalue weighted by molar-refractivity contribution is -0.107. The SMILES string of the molecule is O=C(Cl)/C=C/c1ccccc1S(=O)(=O)Nc1cccc2ccccc12. The van der Waals surface area contributed by atoms with Crippen LogP contribution in [0.25, 0.3) is 16.8 Å². The third-order valence-electron chi connectivity index (χ3n) is 3.64. The van der Waals surface area contributed by atoms with Gasteiger partial charge in [-0.3, -0.25) is 9.52 Å². The molecule has 0 radical (unpaired) electrons. The van der Waals surface area contributed by atoms with Gasteiger partial charge in [0, 0.05) is 5.39 Å². The molecule has 0 bridgehead atoms. The number of carbonyl (C=O) groups excluding carboxylic acids is 1. The Morgan fingerprint density at radius 1 is 0.920 bits per heavy atom. The van der Waals surface area contributed by atoms with E-state index >= 15 is 0 Å². The molecule has 3 rings (SSSR count). The van der Waals surface area contributed by atoms with Crippen molar-refractivity contribution in [3.63, 3.8) is 0 Å². The fourth-order valence-corrected chi connectivity index (χ4v) is 3.88. The van der Waals surface area contributed by atoms with Crippen LogP contribution >= 0.6 is 11.6 Å². The summed E-state index contributed by atoms with van der Waals surface area (Å²) in [6.07, 6.45) is 2.50. The van der Waals surface area contributed by atoms with Crippen LogP contribution in [-0.4, -0.2) is 13.7 Å². The number of hydrogen-bond donors (Lipinski definition) is 1. The number of nitrogens with one attached hydrogen (secondary N) is 1. The van der Waals surface area contributed by atoms with Crippen LogP contribution < -0.4 is 4.72 Å². The number of anilines is 1. The normalized spacial score (nSPS) is 11.7. The van der Waals surface area contributed by atoms with Crippen molar-refractivity contribution in [1.29, 1.82) is 0 Å². The molecule has 3 aromatic rings. The summed E-state index contributed by atoms with van der Waals surface area (Å²) in [4.78, 5) is 11.0. The number of carbonyl (C=O) groups is 1. The van der Waals surface area contributed by atoms with Crippen molar-refractivity contribution in [3.05, 3.63) is 78.4 Å². The van der Waals surface area contributed by atoms with E-state index in [0.29, 0.717) is 11.3 Å². The minimum atomic E-state index is -3.84. The molecule has 0 atom stereocenters. The summed E-state index contributed by atoms with van der Waals surface area (Å²) in [6, 6.07) is 19.3. The van der Waals surface area contributed by atoms with E-state index in [1.165, 1.54) is 12.1 Å². The zero-order valence-corrected chi connectivity index (χ0v) is 14.6. The topological polar surface area (TPSA) is 63.2 Å². The minimum Gasteiger partial charge on any atom is -0.279 e. The maximum absolute atomic E-state index is 12.8. The lowest BCUT2D eigenvalue weighted by atomic mass is 10.1. The van der Waals surface area contributed by atoms with Gasteiger partial charge in [-0.2, -0.15) is 0 Å². The van der Waals surface area contributed by atoms with E-state index in [0.717, 1.165) is 16.8 Å². The summed E-state index contributed by atoms with van der Waals surface area (Å²) in [5.74, 6) is 0. The summed E-state index contributed by atoms with van der Waals surface area (Å²) in [6.45, 7) is 0. The quantitative estimate of drug-likeness (QED) is 0.533. The molecular weight excluding hydrogens is 358 g/mol. The summed E-state index contributed by atoms with van der Waals surface area (Å²) < 4.78 is 28.3. The van der Waals surface area contributed by atoms with Crippen LogP contribution in [-0.2, 0) is 14.8 Å². The zero-order valence-electron chi connectivity index (χ0n) is 13.0. The van der Waals surface area contributed by atoms with Crippen molar-refractivity contribution < 1.29 is 13.2 Å². The molecular formula is C19H14ClNO3S. The van der Waals surface area contributed by atoms with Gasteiger partial charge in [0.1, 0.15) is 0 Å². The van der Waals surface area contributed by atoms with Crippen molar-refractivity contribution in [2.24, 2.45) is 0 Å². The van der Waals surface area contributed by atoms with Gasteiger partial charge in [0.05, 0.1) is 10.6 Å². The van der Waals surface area contributed by atoms with E-state index in [-0.39, 0.29) is 4.90 Å². The van der Waals surface area contributed by atoms with Crippen LogP contribution in [0.3, 0.4) is 0 Å². The van der Waals surface area contributed by atoms with Crippen molar-refractivity contribution in [3.8, 4) is 0 Å². The van der Waals surface area contributed by atoms with Crippen molar-refractivity contribution >= 4 is 49.4 Å². The van der Waals surface area contributed by atoms with E-state index in [9.17, 15) is 13.2 Å². The zero-order chi connectivity index (χ0) is 17.9. The van der Waals surface area contributed by atoms with Crippen LogP contribution in [0, 0.1) is 0 Å². The van der Waals surface area contributed by atoms with Gasteiger partial charge in [-0.15, -0.1) is 0 Å². The molecule has 3 aromatic carbocycles. The van der Waals surface area contributed by atoms with E-state index in [1.807, 2.05) is 30.3 Å². The number of benzene rings is 3. The molecule has 0 unspecified atom stereocenters. The van der Waals surface area contributed by atoms with Gasteiger partial charge in [-0.05, 0) is 46.8 Å². The second-order valence-electron chi connectivity index (χ2n) is 5.31. The van der Waals surface area contributed by atoms with E-state index in [2.05, 4.69) is 4.72 Å². The van der Waals surface area contributed by atoms with E-state index < -0.39 is 15.3 Å². The minimum absolute atomic E-state index is 0.0668. The number of hydrogen-bond acceptors (Lipinski definition) is 3. The molecule has 0 amide bonds. The van der Waals surface area contributed by atoms with Crippen LogP contribution in [0.4, 0.5) is 5.69 Å². The first-order valence-corrected chi connectivity index (χ1v) is 9.31. The Kier molecular flexibility index (Phi) is 4.88. The highest BCUT2D eigenvalue weighted by Crippen LogP contribution is 2.27. The highest BCUT2D eigenvalue weighted by molar-refractivity contribution is 7.92. The molecule has 0 heterocycles. The molecule has 0 aliphatic carbocycles. The van der Waals surface area contributed by atoms with Crippen LogP contribution in [0.15, 0.2) is 77.7 Å². The largest absolute Gasteiger partial charge is 0.279 e. The van der Waals surface area contributed by atoms with Crippen molar-refractivity contribution in [2.45, 2.75) is 4.90 Å². The van der Waals surface area contributed by atoms with Crippen molar-refractivity contribution in [1.82, 2.24) is 0 Å². The molecule has 0 aromatic heterocycles. The highest BCUT2D eigenvalue weighted by Gasteiger charge is 2.18. The molecule has 4 nitrogen and oxygen atoms in total. The molecule has 0 fully saturated rings. The Labute approximate surface area is 150 Å². The van der Waals surface area contributed by atoms with Gasteiger partial charge < -0.3 is 0 Å². The number of rotatable bonds is 5. The first-order valence-electron chi connectivity index (χ1n) is 7.44. The number of allylic oxidation sites excluding steroid dienone is 1. The average molecular weight is 372 g/mol. The van der Waals surface area contributed by atoms with Gasteiger partial charge >= 0.3 is 0 Å². The summed E-state index contributed by atoms with van der Waals surface area (Å²) in [7, 11) is -3.84. The Balaban J connectivity index is 2.04. The van der Waals surface area contributed by atoms with Gasteiger partial charge in [0.2, 0.25) is 5.24 Å². The van der Waals surface area contributed by atoms with Crippen molar-refractivity contribution in [2.75, 3.05) is 4.72 Å². The molecule has 0 saturated heterocycles. The number of fused-ring (bicyclic) bond motifs is 1. The number of sulfonamides is 1.